The van der Waals surface area contributed by atoms with Gasteiger partial charge in [-0.1, -0.05) is 44.2 Å². The molecule has 1 rings (SSSR count). The first kappa shape index (κ1) is 10.0. The van der Waals surface area contributed by atoms with E-state index in [1.54, 1.807) is 0 Å². The van der Waals surface area contributed by atoms with Crippen molar-refractivity contribution in [3.8, 4) is 0 Å². The molecular formula is C13H18. The number of hydrogen-bond acceptors (Lipinski definition) is 0. The van der Waals surface area contributed by atoms with E-state index in [0.717, 1.165) is 0 Å². The van der Waals surface area contributed by atoms with E-state index in [9.17, 15) is 0 Å². The van der Waals surface area contributed by atoms with Gasteiger partial charge in [0.15, 0.2) is 0 Å². The second-order valence-corrected chi connectivity index (χ2v) is 3.77. The third kappa shape index (κ3) is 2.45. The van der Waals surface area contributed by atoms with Gasteiger partial charge in [0, 0.05) is 0 Å². The molecule has 0 saturated heterocycles. The summed E-state index contributed by atoms with van der Waals surface area (Å²) in [6.45, 7) is 8.66. The van der Waals surface area contributed by atoms with Crippen molar-refractivity contribution in [3.05, 3.63) is 41.0 Å². The molecule has 0 aliphatic heterocycles. The molecule has 13 heavy (non-hydrogen) atoms. The van der Waals surface area contributed by atoms with Crippen molar-refractivity contribution in [2.45, 2.75) is 33.6 Å². The molecule has 0 aromatic heterocycles. The Morgan fingerprint density at radius 2 is 1.92 bits per heavy atom. The third-order valence-corrected chi connectivity index (χ3v) is 2.32. The molecule has 70 valence electrons. The maximum absolute atomic E-state index is 2.28. The van der Waals surface area contributed by atoms with Crippen LogP contribution in [0.3, 0.4) is 0 Å². The lowest BCUT2D eigenvalue weighted by molar-refractivity contribution is 0.865. The Kier molecular flexibility index (Phi) is 3.30. The average molecular weight is 174 g/mol. The van der Waals surface area contributed by atoms with Crippen LogP contribution >= 0.6 is 0 Å². The van der Waals surface area contributed by atoms with E-state index in [2.05, 4.69) is 58.0 Å². The van der Waals surface area contributed by atoms with Crippen LogP contribution < -0.4 is 0 Å². The van der Waals surface area contributed by atoms with E-state index in [1.165, 1.54) is 16.7 Å². The Bertz CT molecular complexity index is 306. The standard InChI is InChI=1S/C13H18/c1-5-6-13-9-12(10(2)3)8-7-11(13)4/h5-10H,1-4H3/b6-5+. The monoisotopic (exact) mass is 174 g/mol. The largest absolute Gasteiger partial charge is 0.0871 e. The van der Waals surface area contributed by atoms with Crippen LogP contribution in [0.2, 0.25) is 0 Å². The molecule has 0 heteroatoms. The van der Waals surface area contributed by atoms with Gasteiger partial charge in [-0.05, 0) is 36.5 Å². The Morgan fingerprint density at radius 3 is 2.46 bits per heavy atom. The molecule has 0 aliphatic carbocycles. The topological polar surface area (TPSA) is 0 Å². The highest BCUT2D eigenvalue weighted by Gasteiger charge is 2.00. The summed E-state index contributed by atoms with van der Waals surface area (Å²) in [6, 6.07) is 6.69. The van der Waals surface area contributed by atoms with Crippen molar-refractivity contribution < 1.29 is 0 Å². The first-order chi connectivity index (χ1) is 6.15. The summed E-state index contributed by atoms with van der Waals surface area (Å²) in [6.07, 6.45) is 4.26. The van der Waals surface area contributed by atoms with Crippen molar-refractivity contribution in [1.82, 2.24) is 0 Å². The van der Waals surface area contributed by atoms with E-state index >= 15 is 0 Å². The predicted octanol–water partition coefficient (Wildman–Crippen LogP) is 4.15. The minimum atomic E-state index is 0.615. The number of allylic oxidation sites excluding steroid dienone is 1. The zero-order chi connectivity index (χ0) is 9.84. The summed E-state index contributed by atoms with van der Waals surface area (Å²) in [7, 11) is 0. The van der Waals surface area contributed by atoms with Gasteiger partial charge in [-0.2, -0.15) is 0 Å². The van der Waals surface area contributed by atoms with Crippen molar-refractivity contribution in [3.63, 3.8) is 0 Å². The van der Waals surface area contributed by atoms with Gasteiger partial charge < -0.3 is 0 Å². The van der Waals surface area contributed by atoms with Crippen LogP contribution in [-0.2, 0) is 0 Å². The first-order valence-electron chi connectivity index (χ1n) is 4.88. The molecule has 0 N–H and O–H groups in total. The van der Waals surface area contributed by atoms with Gasteiger partial charge >= 0.3 is 0 Å². The molecule has 0 fully saturated rings. The molecular weight excluding hydrogens is 156 g/mol. The van der Waals surface area contributed by atoms with Crippen LogP contribution in [0.4, 0.5) is 0 Å². The molecule has 0 spiro atoms. The van der Waals surface area contributed by atoms with Crippen LogP contribution in [0, 0.1) is 6.92 Å². The fourth-order valence-corrected chi connectivity index (χ4v) is 1.38. The molecule has 0 bridgehead atoms. The van der Waals surface area contributed by atoms with Crippen LogP contribution in [0.25, 0.3) is 6.08 Å². The second-order valence-electron chi connectivity index (χ2n) is 3.77. The van der Waals surface area contributed by atoms with Gasteiger partial charge in [-0.3, -0.25) is 0 Å². The fourth-order valence-electron chi connectivity index (χ4n) is 1.38. The molecule has 0 atom stereocenters. The Morgan fingerprint density at radius 1 is 1.23 bits per heavy atom. The van der Waals surface area contributed by atoms with E-state index in [4.69, 9.17) is 0 Å². The van der Waals surface area contributed by atoms with Crippen molar-refractivity contribution >= 4 is 6.08 Å². The van der Waals surface area contributed by atoms with Crippen molar-refractivity contribution in [2.24, 2.45) is 0 Å². The SMILES string of the molecule is C/C=C/c1cc(C(C)C)ccc1C. The average Bonchev–Trinajstić information content (AvgIpc) is 2.08. The highest BCUT2D eigenvalue weighted by molar-refractivity contribution is 5.54. The normalized spacial score (nSPS) is 11.5. The lowest BCUT2D eigenvalue weighted by atomic mass is 9.98. The molecule has 0 aliphatic rings. The molecule has 0 radical (unpaired) electrons. The lowest BCUT2D eigenvalue weighted by Gasteiger charge is -2.08. The second kappa shape index (κ2) is 4.27. The van der Waals surface area contributed by atoms with E-state index < -0.39 is 0 Å². The van der Waals surface area contributed by atoms with Gasteiger partial charge in [0.05, 0.1) is 0 Å². The predicted molar refractivity (Wildman–Crippen MR) is 60.0 cm³/mol. The molecule has 1 aromatic rings. The fraction of sp³-hybridized carbons (Fsp3) is 0.385. The Balaban J connectivity index is 3.11. The highest BCUT2D eigenvalue weighted by Crippen LogP contribution is 2.19. The molecule has 1 aromatic carbocycles. The number of hydrogen-bond donors (Lipinski definition) is 0. The Hall–Kier alpha value is -1.04. The smallest absolute Gasteiger partial charge is 0.0219 e. The number of aryl methyl sites for hydroxylation is 1. The quantitative estimate of drug-likeness (QED) is 0.631. The molecule has 0 nitrogen and oxygen atoms in total. The van der Waals surface area contributed by atoms with Crippen LogP contribution in [0.5, 0.6) is 0 Å². The lowest BCUT2D eigenvalue weighted by Crippen LogP contribution is -1.89. The van der Waals surface area contributed by atoms with E-state index in [-0.39, 0.29) is 0 Å². The molecule has 0 unspecified atom stereocenters. The van der Waals surface area contributed by atoms with Gasteiger partial charge in [-0.25, -0.2) is 0 Å². The van der Waals surface area contributed by atoms with Crippen LogP contribution in [-0.4, -0.2) is 0 Å². The van der Waals surface area contributed by atoms with Gasteiger partial charge in [-0.15, -0.1) is 0 Å². The third-order valence-electron chi connectivity index (χ3n) is 2.32. The molecule has 0 saturated carbocycles. The first-order valence-corrected chi connectivity index (χ1v) is 4.88. The van der Waals surface area contributed by atoms with Crippen molar-refractivity contribution in [1.29, 1.82) is 0 Å². The zero-order valence-electron chi connectivity index (χ0n) is 8.96. The summed E-state index contributed by atoms with van der Waals surface area (Å²) in [5.74, 6) is 0.615. The number of benzene rings is 1. The van der Waals surface area contributed by atoms with Gasteiger partial charge in [0.2, 0.25) is 0 Å². The van der Waals surface area contributed by atoms with Gasteiger partial charge in [0.1, 0.15) is 0 Å². The minimum Gasteiger partial charge on any atom is -0.0871 e. The summed E-state index contributed by atoms with van der Waals surface area (Å²) < 4.78 is 0. The Labute approximate surface area is 81.3 Å². The minimum absolute atomic E-state index is 0.615. The maximum atomic E-state index is 2.28. The highest BCUT2D eigenvalue weighted by atomic mass is 14.1. The van der Waals surface area contributed by atoms with Crippen LogP contribution in [0.1, 0.15) is 43.4 Å². The van der Waals surface area contributed by atoms with E-state index in [0.29, 0.717) is 5.92 Å². The van der Waals surface area contributed by atoms with Gasteiger partial charge in [0.25, 0.3) is 0 Å². The summed E-state index contributed by atoms with van der Waals surface area (Å²) in [5.41, 5.74) is 4.11. The zero-order valence-corrected chi connectivity index (χ0v) is 8.96. The van der Waals surface area contributed by atoms with E-state index in [1.807, 2.05) is 0 Å². The molecule has 0 amide bonds. The summed E-state index contributed by atoms with van der Waals surface area (Å²) in [4.78, 5) is 0. The summed E-state index contributed by atoms with van der Waals surface area (Å²) >= 11 is 0. The number of rotatable bonds is 2. The van der Waals surface area contributed by atoms with Crippen LogP contribution in [0.15, 0.2) is 24.3 Å². The van der Waals surface area contributed by atoms with Crippen molar-refractivity contribution in [2.75, 3.05) is 0 Å². The maximum Gasteiger partial charge on any atom is -0.0219 e. The summed E-state index contributed by atoms with van der Waals surface area (Å²) in [5, 5.41) is 0. The molecule has 0 heterocycles.